The molecule has 0 spiro atoms. The maximum Gasteiger partial charge on any atom is 0.217 e. The molecule has 3 nitrogen and oxygen atoms in total. The van der Waals surface area contributed by atoms with Crippen LogP contribution < -0.4 is 5.32 Å². The Morgan fingerprint density at radius 2 is 2.27 bits per heavy atom. The van der Waals surface area contributed by atoms with E-state index in [1.165, 1.54) is 6.92 Å². The first-order valence-electron chi connectivity index (χ1n) is 3.52. The van der Waals surface area contributed by atoms with E-state index in [2.05, 4.69) is 5.32 Å². The van der Waals surface area contributed by atoms with Crippen LogP contribution in [0.3, 0.4) is 0 Å². The summed E-state index contributed by atoms with van der Waals surface area (Å²) >= 11 is 1.56. The van der Waals surface area contributed by atoms with Gasteiger partial charge in [0.25, 0.3) is 0 Å². The number of thioether (sulfide) groups is 1. The highest BCUT2D eigenvalue weighted by atomic mass is 32.2. The van der Waals surface area contributed by atoms with Crippen molar-refractivity contribution >= 4 is 17.7 Å². The molecule has 2 atom stereocenters. The third-order valence-corrected chi connectivity index (χ3v) is 2.63. The number of aliphatic hydroxyl groups is 1. The van der Waals surface area contributed by atoms with Crippen LogP contribution in [0.1, 0.15) is 13.8 Å². The maximum absolute atomic E-state index is 10.6. The smallest absolute Gasteiger partial charge is 0.217 e. The molecule has 4 heteroatoms. The summed E-state index contributed by atoms with van der Waals surface area (Å²) in [5.41, 5.74) is 0. The quantitative estimate of drug-likeness (QED) is 0.646. The SMILES string of the molecule is CSC(CO)C(C)NC(C)=O. The van der Waals surface area contributed by atoms with Crippen LogP contribution in [-0.4, -0.2) is 35.2 Å². The summed E-state index contributed by atoms with van der Waals surface area (Å²) < 4.78 is 0. The van der Waals surface area contributed by atoms with E-state index in [4.69, 9.17) is 5.11 Å². The number of nitrogens with one attached hydrogen (secondary N) is 1. The molecular weight excluding hydrogens is 162 g/mol. The number of carbonyl (C=O) groups is 1. The molecule has 1 amide bonds. The molecule has 0 fully saturated rings. The van der Waals surface area contributed by atoms with Crippen LogP contribution in [0.5, 0.6) is 0 Å². The number of carbonyl (C=O) groups excluding carboxylic acids is 1. The molecule has 0 rings (SSSR count). The second-order valence-electron chi connectivity index (χ2n) is 2.45. The topological polar surface area (TPSA) is 49.3 Å². The number of hydrogen-bond donors (Lipinski definition) is 2. The van der Waals surface area contributed by atoms with Gasteiger partial charge >= 0.3 is 0 Å². The Balaban J connectivity index is 3.78. The fourth-order valence-corrected chi connectivity index (χ4v) is 1.48. The van der Waals surface area contributed by atoms with Gasteiger partial charge in [-0.15, -0.1) is 0 Å². The van der Waals surface area contributed by atoms with Crippen LogP contribution in [0.25, 0.3) is 0 Å². The van der Waals surface area contributed by atoms with E-state index in [0.717, 1.165) is 0 Å². The van der Waals surface area contributed by atoms with Crippen molar-refractivity contribution in [2.24, 2.45) is 0 Å². The minimum Gasteiger partial charge on any atom is -0.395 e. The maximum atomic E-state index is 10.6. The van der Waals surface area contributed by atoms with Gasteiger partial charge in [0.05, 0.1) is 6.61 Å². The van der Waals surface area contributed by atoms with Crippen molar-refractivity contribution in [2.45, 2.75) is 25.1 Å². The van der Waals surface area contributed by atoms with Gasteiger partial charge in [-0.25, -0.2) is 0 Å². The van der Waals surface area contributed by atoms with E-state index < -0.39 is 0 Å². The largest absolute Gasteiger partial charge is 0.395 e. The summed E-state index contributed by atoms with van der Waals surface area (Å²) in [4.78, 5) is 10.6. The van der Waals surface area contributed by atoms with E-state index in [0.29, 0.717) is 0 Å². The fourth-order valence-electron chi connectivity index (χ4n) is 0.850. The summed E-state index contributed by atoms with van der Waals surface area (Å²) in [5.74, 6) is -0.0509. The molecule has 0 saturated carbocycles. The average Bonchev–Trinajstić information content (AvgIpc) is 1.88. The van der Waals surface area contributed by atoms with Gasteiger partial charge in [-0.1, -0.05) is 0 Å². The van der Waals surface area contributed by atoms with E-state index in [9.17, 15) is 4.79 Å². The van der Waals surface area contributed by atoms with Crippen molar-refractivity contribution < 1.29 is 9.90 Å². The summed E-state index contributed by atoms with van der Waals surface area (Å²) in [6, 6.07) is 0.0347. The Morgan fingerprint density at radius 3 is 2.55 bits per heavy atom. The van der Waals surface area contributed by atoms with Gasteiger partial charge in [-0.3, -0.25) is 4.79 Å². The van der Waals surface area contributed by atoms with E-state index >= 15 is 0 Å². The summed E-state index contributed by atoms with van der Waals surface area (Å²) in [6.45, 7) is 3.46. The molecule has 0 aromatic heterocycles. The van der Waals surface area contributed by atoms with Gasteiger partial charge < -0.3 is 10.4 Å². The zero-order valence-electron chi connectivity index (χ0n) is 7.13. The van der Waals surface area contributed by atoms with Crippen molar-refractivity contribution in [1.82, 2.24) is 5.32 Å². The van der Waals surface area contributed by atoms with Crippen molar-refractivity contribution in [3.63, 3.8) is 0 Å². The summed E-state index contributed by atoms with van der Waals surface area (Å²) in [7, 11) is 0. The molecule has 66 valence electrons. The van der Waals surface area contributed by atoms with Gasteiger partial charge in [-0.2, -0.15) is 11.8 Å². The van der Waals surface area contributed by atoms with E-state index in [1.807, 2.05) is 13.2 Å². The van der Waals surface area contributed by atoms with Crippen LogP contribution in [0.15, 0.2) is 0 Å². The minimum atomic E-state index is -0.0509. The normalized spacial score (nSPS) is 15.6. The van der Waals surface area contributed by atoms with Gasteiger partial charge in [0.1, 0.15) is 0 Å². The molecule has 0 aliphatic heterocycles. The van der Waals surface area contributed by atoms with Crippen molar-refractivity contribution in [3.05, 3.63) is 0 Å². The van der Waals surface area contributed by atoms with Crippen LogP contribution in [0, 0.1) is 0 Å². The molecule has 0 heterocycles. The third kappa shape index (κ3) is 4.27. The lowest BCUT2D eigenvalue weighted by molar-refractivity contribution is -0.119. The van der Waals surface area contributed by atoms with Crippen molar-refractivity contribution in [1.29, 1.82) is 0 Å². The van der Waals surface area contributed by atoms with Gasteiger partial charge in [0, 0.05) is 18.2 Å². The predicted octanol–water partition coefficient (Wildman–Crippen LogP) is 0.235. The monoisotopic (exact) mass is 177 g/mol. The number of hydrogen-bond acceptors (Lipinski definition) is 3. The molecular formula is C7H15NO2S. The van der Waals surface area contributed by atoms with Crippen LogP contribution >= 0.6 is 11.8 Å². The van der Waals surface area contributed by atoms with E-state index in [1.54, 1.807) is 11.8 Å². The summed E-state index contributed by atoms with van der Waals surface area (Å²) in [6.07, 6.45) is 1.92. The second kappa shape index (κ2) is 5.43. The van der Waals surface area contributed by atoms with Gasteiger partial charge in [0.2, 0.25) is 5.91 Å². The molecule has 2 N–H and O–H groups in total. The lowest BCUT2D eigenvalue weighted by Gasteiger charge is -2.20. The Kier molecular flexibility index (Phi) is 5.32. The molecule has 2 unspecified atom stereocenters. The third-order valence-electron chi connectivity index (χ3n) is 1.47. The first kappa shape index (κ1) is 10.8. The first-order chi connectivity index (χ1) is 5.11. The number of aliphatic hydroxyl groups excluding tert-OH is 1. The number of rotatable bonds is 4. The van der Waals surface area contributed by atoms with E-state index in [-0.39, 0.29) is 23.8 Å². The van der Waals surface area contributed by atoms with Crippen LogP contribution in [0.2, 0.25) is 0 Å². The molecule has 0 bridgehead atoms. The molecule has 0 aliphatic rings. The highest BCUT2D eigenvalue weighted by Crippen LogP contribution is 2.09. The lowest BCUT2D eigenvalue weighted by atomic mass is 10.2. The highest BCUT2D eigenvalue weighted by molar-refractivity contribution is 7.99. The lowest BCUT2D eigenvalue weighted by Crippen LogP contribution is -2.40. The first-order valence-corrected chi connectivity index (χ1v) is 4.81. The molecule has 0 aliphatic carbocycles. The Bertz CT molecular complexity index is 126. The zero-order valence-corrected chi connectivity index (χ0v) is 7.94. The Hall–Kier alpha value is -0.220. The van der Waals surface area contributed by atoms with Crippen molar-refractivity contribution in [2.75, 3.05) is 12.9 Å². The van der Waals surface area contributed by atoms with Gasteiger partial charge in [0.15, 0.2) is 0 Å². The second-order valence-corrected chi connectivity index (χ2v) is 3.52. The van der Waals surface area contributed by atoms with Crippen LogP contribution in [0.4, 0.5) is 0 Å². The van der Waals surface area contributed by atoms with Crippen molar-refractivity contribution in [3.8, 4) is 0 Å². The zero-order chi connectivity index (χ0) is 8.85. The number of amides is 1. The molecule has 0 radical (unpaired) electrons. The minimum absolute atomic E-state index is 0.0347. The average molecular weight is 177 g/mol. The fraction of sp³-hybridized carbons (Fsp3) is 0.857. The molecule has 0 saturated heterocycles. The molecule has 0 aromatic rings. The highest BCUT2D eigenvalue weighted by Gasteiger charge is 2.14. The standard InChI is InChI=1S/C7H15NO2S/c1-5(8-6(2)10)7(4-9)11-3/h5,7,9H,4H2,1-3H3,(H,8,10). The Morgan fingerprint density at radius 1 is 1.73 bits per heavy atom. The predicted molar refractivity (Wildman–Crippen MR) is 47.7 cm³/mol. The molecule has 0 aromatic carbocycles. The summed E-state index contributed by atoms with van der Waals surface area (Å²) in [5, 5.41) is 11.7. The van der Waals surface area contributed by atoms with Crippen LogP contribution in [-0.2, 0) is 4.79 Å². The Labute approximate surface area is 71.6 Å². The molecule has 11 heavy (non-hydrogen) atoms. The van der Waals surface area contributed by atoms with Gasteiger partial charge in [-0.05, 0) is 13.2 Å².